The first kappa shape index (κ1) is 84.9. The Morgan fingerprint density at radius 3 is 0.824 bits per heavy atom. The lowest BCUT2D eigenvalue weighted by Crippen LogP contribution is -2.21. The topological polar surface area (TPSA) is 111 Å². The molecule has 20 rings (SSSR count). The monoisotopic (exact) mass is 1660 g/mol. The van der Waals surface area contributed by atoms with Gasteiger partial charge < -0.3 is 4.74 Å². The second-order valence-electron chi connectivity index (χ2n) is 38.0. The Bertz CT molecular complexity index is 6930. The molecule has 628 valence electrons. The third-order valence-corrected chi connectivity index (χ3v) is 24.1. The molecule has 0 atom stereocenters. The van der Waals surface area contributed by atoms with E-state index in [1.807, 2.05) is 166 Å². The zero-order valence-electron chi connectivity index (χ0n) is 74.1. The highest BCUT2D eigenvalue weighted by Gasteiger charge is 2.40. The smallest absolute Gasteiger partial charge is 0.416 e. The lowest BCUT2D eigenvalue weighted by molar-refractivity contribution is -0.137. The van der Waals surface area contributed by atoms with Gasteiger partial charge in [0, 0.05) is 55.4 Å². The second-order valence-corrected chi connectivity index (χ2v) is 38.0. The van der Waals surface area contributed by atoms with E-state index in [2.05, 4.69) is 215 Å². The predicted octanol–water partition coefficient (Wildman–Crippen LogP) is 29.4. The second kappa shape index (κ2) is 31.6. The number of methoxy groups -OCH3 is 1. The summed E-state index contributed by atoms with van der Waals surface area (Å²) in [5.74, 6) is 0.742. The molecule has 0 aliphatic carbocycles. The number of rotatable bonds is 7. The van der Waals surface area contributed by atoms with Crippen LogP contribution in [0.1, 0.15) is 206 Å². The van der Waals surface area contributed by atoms with E-state index >= 15 is 0 Å². The first-order valence-electron chi connectivity index (χ1n) is 42.4. The Balaban J connectivity index is 0.000000115. The fraction of sp³-hybridized carbons (Fsp3) is 0.216. The molecular formula is C111H102F3N5O6. The number of hydrogen-bond donors (Lipinski definition) is 0. The molecule has 0 saturated heterocycles. The quantitative estimate of drug-likeness (QED) is 0.157. The van der Waals surface area contributed by atoms with Crippen LogP contribution in [0.2, 0.25) is 0 Å². The normalized spacial score (nSPS) is 13.8. The molecule has 14 heteroatoms. The van der Waals surface area contributed by atoms with E-state index in [1.54, 1.807) is 24.2 Å². The highest BCUT2D eigenvalue weighted by Crippen LogP contribution is 2.52. The minimum Gasteiger partial charge on any atom is -0.497 e. The van der Waals surface area contributed by atoms with Gasteiger partial charge in [-0.15, -0.1) is 0 Å². The van der Waals surface area contributed by atoms with Gasteiger partial charge in [0.15, 0.2) is 0 Å². The van der Waals surface area contributed by atoms with Crippen molar-refractivity contribution in [3.8, 4) is 5.75 Å². The number of nitrogens with zero attached hydrogens (tertiary/aromatic N) is 5. The molecule has 11 nitrogen and oxygen atoms in total. The van der Waals surface area contributed by atoms with Crippen molar-refractivity contribution in [1.82, 2.24) is 0 Å². The van der Waals surface area contributed by atoms with Crippen molar-refractivity contribution in [3.63, 3.8) is 0 Å². The molecule has 0 aromatic heterocycles. The van der Waals surface area contributed by atoms with Crippen molar-refractivity contribution < 1.29 is 41.9 Å². The maximum atomic E-state index is 13.2. The Morgan fingerprint density at radius 1 is 0.280 bits per heavy atom. The number of amides is 5. The van der Waals surface area contributed by atoms with Crippen LogP contribution in [0.25, 0.3) is 59.9 Å². The summed E-state index contributed by atoms with van der Waals surface area (Å²) in [5.41, 5.74) is 21.2. The number of carbonyl (C=O) groups excluding carboxylic acids is 5. The van der Waals surface area contributed by atoms with Gasteiger partial charge in [-0.3, -0.25) is 48.5 Å². The summed E-state index contributed by atoms with van der Waals surface area (Å²) < 4.78 is 43.8. The molecule has 0 N–H and O–H groups in total. The molecule has 15 aromatic rings. The number of alkyl halides is 3. The zero-order chi connectivity index (χ0) is 89.2. The molecule has 5 aliphatic rings. The van der Waals surface area contributed by atoms with Gasteiger partial charge in [-0.1, -0.05) is 244 Å². The molecule has 0 unspecified atom stereocenters. The van der Waals surface area contributed by atoms with E-state index in [9.17, 15) is 37.1 Å². The van der Waals surface area contributed by atoms with E-state index in [0.717, 1.165) is 134 Å². The van der Waals surface area contributed by atoms with Gasteiger partial charge in [0.2, 0.25) is 0 Å². The molecule has 5 amide bonds. The van der Waals surface area contributed by atoms with E-state index in [-0.39, 0.29) is 56.6 Å². The van der Waals surface area contributed by atoms with Crippen LogP contribution in [0.15, 0.2) is 280 Å². The summed E-state index contributed by atoms with van der Waals surface area (Å²) in [7, 11) is 1.64. The van der Waals surface area contributed by atoms with Gasteiger partial charge in [0.1, 0.15) is 5.75 Å². The molecule has 0 bridgehead atoms. The van der Waals surface area contributed by atoms with Crippen molar-refractivity contribution in [2.75, 3.05) is 31.6 Å². The average Bonchev–Trinajstić information content (AvgIpc) is 1.61. The van der Waals surface area contributed by atoms with Gasteiger partial charge in [-0.05, 0) is 258 Å². The lowest BCUT2D eigenvalue weighted by atomic mass is 9.83. The number of para-hydroxylation sites is 1. The summed E-state index contributed by atoms with van der Waals surface area (Å²) >= 11 is 0. The average molecular weight is 1660 g/mol. The maximum absolute atomic E-state index is 13.2. The Morgan fingerprint density at radius 2 is 0.544 bits per heavy atom. The van der Waals surface area contributed by atoms with Crippen LogP contribution in [0.3, 0.4) is 0 Å². The summed E-state index contributed by atoms with van der Waals surface area (Å²) in [4.78, 5) is 74.2. The number of halogens is 3. The SMILES string of the molecule is C=Cc1cccc(N2C(=O)c3cccc4c(C(C)(C)C)ccc2c34)c1.CC(C)(C)c1ccc2c3c(cccc13)C(=O)N2c1ccc(C(F)(F)F)cc1.CC(C)(C)c1ccc2c3c(cccc13)C(=O)N2c1ccccc1.COc1ccc(N2C(=O)c3cccc4c(C(C)(C)C)ccc2c34)cc1.Cc1cc(C)cc(N2C(=O)c3cccc4c(C(C)(C)C)ccc2c34)c1. The van der Waals surface area contributed by atoms with Crippen molar-refractivity contribution in [3.05, 3.63) is 357 Å². The Kier molecular flexibility index (Phi) is 21.4. The minimum absolute atomic E-state index is 0.0216. The zero-order valence-corrected chi connectivity index (χ0v) is 74.1. The molecule has 0 fully saturated rings. The number of anilines is 10. The van der Waals surface area contributed by atoms with Crippen LogP contribution in [0, 0.1) is 13.8 Å². The molecule has 15 aromatic carbocycles. The van der Waals surface area contributed by atoms with Crippen LogP contribution in [-0.2, 0) is 33.3 Å². The third kappa shape index (κ3) is 15.2. The summed E-state index contributed by atoms with van der Waals surface area (Å²) in [6.45, 7) is 40.8. The lowest BCUT2D eigenvalue weighted by Gasteiger charge is -2.23. The number of hydrogen-bond acceptors (Lipinski definition) is 6. The fourth-order valence-corrected chi connectivity index (χ4v) is 18.4. The summed E-state index contributed by atoms with van der Waals surface area (Å²) in [6.07, 6.45) is -2.60. The molecule has 0 radical (unpaired) electrons. The van der Waals surface area contributed by atoms with Gasteiger partial charge >= 0.3 is 6.18 Å². The highest BCUT2D eigenvalue weighted by atomic mass is 19.4. The largest absolute Gasteiger partial charge is 0.497 e. The van der Waals surface area contributed by atoms with Crippen LogP contribution in [0.4, 0.5) is 70.0 Å². The summed E-state index contributed by atoms with van der Waals surface area (Å²) in [6, 6.07) is 87.1. The molecule has 0 spiro atoms. The van der Waals surface area contributed by atoms with Gasteiger partial charge in [0.25, 0.3) is 29.5 Å². The molecule has 0 saturated carbocycles. The van der Waals surface area contributed by atoms with Gasteiger partial charge in [-0.25, -0.2) is 0 Å². The van der Waals surface area contributed by atoms with Crippen LogP contribution < -0.4 is 29.2 Å². The van der Waals surface area contributed by atoms with Crippen LogP contribution in [0.5, 0.6) is 5.75 Å². The van der Waals surface area contributed by atoms with E-state index in [4.69, 9.17) is 4.74 Å². The number of aryl methyl sites for hydroxylation is 2. The van der Waals surface area contributed by atoms with E-state index in [0.29, 0.717) is 16.9 Å². The van der Waals surface area contributed by atoms with Crippen molar-refractivity contribution >= 4 is 146 Å². The van der Waals surface area contributed by atoms with Gasteiger partial charge in [0.05, 0.1) is 68.9 Å². The number of benzene rings is 15. The standard InChI is InChI=1S/C23H23NO.C23H21NO.C22H18F3NO.C22H21NO2.C21H19NO/c1-14-11-15(2)13-16(12-14)24-20-10-9-19(23(3,4)5)17-7-6-8-18(21(17)20)22(24)25;1-5-15-8-6-9-16(14-15)24-20-13-12-19(23(2,3)4)17-10-7-11-18(21(17)20)22(24)25;1-21(2,3)17-11-12-18-19-15(17)5-4-6-16(19)20(27)26(18)14-9-7-13(8-10-14)22(23,24)25;1-22(2,3)18-12-13-19-20-16(18)6-5-7-17(20)21(24)23(19)14-8-10-15(25-4)11-9-14;1-21(2,3)17-12-13-18-19-15(17)10-7-11-16(19)20(23)22(18)14-8-5-4-6-9-14/h6-13H,1-5H3;5-14H,1H2,2-4H3;4-12H,1-3H3;5-13H,1-4H3;4-13H,1-3H3. The molecule has 5 heterocycles. The highest BCUT2D eigenvalue weighted by molar-refractivity contribution is 6.32. The third-order valence-electron chi connectivity index (χ3n) is 24.1. The van der Waals surface area contributed by atoms with Crippen molar-refractivity contribution in [2.24, 2.45) is 0 Å². The maximum Gasteiger partial charge on any atom is 0.416 e. The number of carbonyl (C=O) groups is 5. The summed E-state index contributed by atoms with van der Waals surface area (Å²) in [5, 5.41) is 10.8. The first-order valence-corrected chi connectivity index (χ1v) is 42.4. The van der Waals surface area contributed by atoms with Gasteiger partial charge in [-0.2, -0.15) is 13.2 Å². The van der Waals surface area contributed by atoms with Crippen LogP contribution in [-0.4, -0.2) is 36.6 Å². The molecule has 125 heavy (non-hydrogen) atoms. The number of ether oxygens (including phenoxy) is 1. The first-order chi connectivity index (χ1) is 59.2. The van der Waals surface area contributed by atoms with E-state index in [1.165, 1.54) is 66.6 Å². The van der Waals surface area contributed by atoms with Crippen molar-refractivity contribution in [1.29, 1.82) is 0 Å². The minimum atomic E-state index is -4.40. The Labute approximate surface area is 729 Å². The Hall–Kier alpha value is -13.7. The predicted molar refractivity (Wildman–Crippen MR) is 509 cm³/mol. The fourth-order valence-electron chi connectivity index (χ4n) is 18.4. The van der Waals surface area contributed by atoms with Crippen molar-refractivity contribution in [2.45, 2.75) is 151 Å². The molecule has 5 aliphatic heterocycles. The van der Waals surface area contributed by atoms with E-state index < -0.39 is 11.7 Å². The van der Waals surface area contributed by atoms with Crippen LogP contribution >= 0.6 is 0 Å². The molecular weight excluding hydrogens is 1560 g/mol.